The van der Waals surface area contributed by atoms with E-state index in [4.69, 9.17) is 5.11 Å². The number of nitrogens with one attached hydrogen (secondary N) is 2. The van der Waals surface area contributed by atoms with E-state index in [0.717, 1.165) is 5.57 Å². The van der Waals surface area contributed by atoms with Crippen LogP contribution in [0.2, 0.25) is 0 Å². The number of carbonyl (C=O) groups excluding carboxylic acids is 1. The first kappa shape index (κ1) is 10.2. The number of rotatable bonds is 3. The highest BCUT2D eigenvalue weighted by molar-refractivity contribution is 5.82. The fourth-order valence-corrected chi connectivity index (χ4v) is 1.28. The minimum Gasteiger partial charge on any atom is -0.392 e. The van der Waals surface area contributed by atoms with Gasteiger partial charge in [-0.1, -0.05) is 12.2 Å². The summed E-state index contributed by atoms with van der Waals surface area (Å²) >= 11 is 0. The highest BCUT2D eigenvalue weighted by Gasteiger charge is 2.27. The summed E-state index contributed by atoms with van der Waals surface area (Å²) in [7, 11) is 0. The fourth-order valence-electron chi connectivity index (χ4n) is 1.28. The van der Waals surface area contributed by atoms with Crippen molar-refractivity contribution in [2.45, 2.75) is 25.5 Å². The van der Waals surface area contributed by atoms with Crippen LogP contribution in [0, 0.1) is 0 Å². The second kappa shape index (κ2) is 4.39. The molecule has 1 aliphatic heterocycles. The van der Waals surface area contributed by atoms with Gasteiger partial charge >= 0.3 is 0 Å². The number of hydrogen-bond donors (Lipinski definition) is 3. The van der Waals surface area contributed by atoms with Crippen molar-refractivity contribution in [2.24, 2.45) is 0 Å². The molecule has 1 saturated heterocycles. The van der Waals surface area contributed by atoms with Gasteiger partial charge < -0.3 is 15.7 Å². The van der Waals surface area contributed by atoms with E-state index >= 15 is 0 Å². The predicted octanol–water partition coefficient (Wildman–Crippen LogP) is -0.598. The number of aliphatic hydroxyl groups is 1. The van der Waals surface area contributed by atoms with Crippen LogP contribution in [-0.4, -0.2) is 36.2 Å². The Labute approximate surface area is 78.0 Å². The Morgan fingerprint density at radius 3 is 2.92 bits per heavy atom. The zero-order valence-electron chi connectivity index (χ0n) is 7.84. The van der Waals surface area contributed by atoms with E-state index in [9.17, 15) is 4.79 Å². The first-order chi connectivity index (χ1) is 6.09. The Balaban J connectivity index is 2.27. The van der Waals surface area contributed by atoms with E-state index in [1.54, 1.807) is 0 Å². The smallest absolute Gasteiger partial charge is 0.237 e. The number of β-amino-alcohol motifs (C(OH)–C–C–N with tert-alkyl or cyclic N) is 1. The van der Waals surface area contributed by atoms with Crippen molar-refractivity contribution in [3.05, 3.63) is 12.2 Å². The van der Waals surface area contributed by atoms with Gasteiger partial charge in [0.2, 0.25) is 5.91 Å². The van der Waals surface area contributed by atoms with E-state index in [-0.39, 0.29) is 18.1 Å². The van der Waals surface area contributed by atoms with Gasteiger partial charge in [-0.15, -0.1) is 0 Å². The lowest BCUT2D eigenvalue weighted by Crippen LogP contribution is -2.40. The molecule has 0 aliphatic carbocycles. The van der Waals surface area contributed by atoms with Crippen molar-refractivity contribution in [3.63, 3.8) is 0 Å². The van der Waals surface area contributed by atoms with E-state index in [1.807, 2.05) is 6.92 Å². The standard InChI is InChI=1S/C9H16N2O2/c1-6(2)4-11-9(13)8-3-7(12)5-10-8/h7-8,10,12H,1,3-5H2,2H3,(H,11,13). The topological polar surface area (TPSA) is 61.4 Å². The fraction of sp³-hybridized carbons (Fsp3) is 0.667. The molecule has 4 heteroatoms. The Bertz CT molecular complexity index is 216. The average Bonchev–Trinajstić information content (AvgIpc) is 2.47. The van der Waals surface area contributed by atoms with Crippen molar-refractivity contribution in [3.8, 4) is 0 Å². The molecule has 0 spiro atoms. The minimum atomic E-state index is -0.388. The maximum absolute atomic E-state index is 11.4. The third kappa shape index (κ3) is 3.16. The zero-order chi connectivity index (χ0) is 9.84. The molecular weight excluding hydrogens is 168 g/mol. The highest BCUT2D eigenvalue weighted by atomic mass is 16.3. The first-order valence-corrected chi connectivity index (χ1v) is 4.43. The summed E-state index contributed by atoms with van der Waals surface area (Å²) in [5.74, 6) is -0.0560. The summed E-state index contributed by atoms with van der Waals surface area (Å²) in [4.78, 5) is 11.4. The molecule has 3 N–H and O–H groups in total. The zero-order valence-corrected chi connectivity index (χ0v) is 7.84. The molecule has 2 atom stereocenters. The van der Waals surface area contributed by atoms with Gasteiger partial charge in [0.1, 0.15) is 0 Å². The molecule has 4 nitrogen and oxygen atoms in total. The third-order valence-corrected chi connectivity index (χ3v) is 1.99. The van der Waals surface area contributed by atoms with Gasteiger partial charge in [0, 0.05) is 13.1 Å². The van der Waals surface area contributed by atoms with Gasteiger partial charge in [-0.05, 0) is 13.3 Å². The average molecular weight is 184 g/mol. The summed E-state index contributed by atoms with van der Waals surface area (Å²) in [5.41, 5.74) is 0.923. The van der Waals surface area contributed by atoms with Crippen molar-refractivity contribution >= 4 is 5.91 Å². The van der Waals surface area contributed by atoms with Crippen LogP contribution in [0.3, 0.4) is 0 Å². The highest BCUT2D eigenvalue weighted by Crippen LogP contribution is 2.05. The third-order valence-electron chi connectivity index (χ3n) is 1.99. The maximum Gasteiger partial charge on any atom is 0.237 e. The number of aliphatic hydroxyl groups excluding tert-OH is 1. The largest absolute Gasteiger partial charge is 0.392 e. The van der Waals surface area contributed by atoms with Crippen LogP contribution in [0.5, 0.6) is 0 Å². The lowest BCUT2D eigenvalue weighted by atomic mass is 10.2. The number of hydrogen-bond acceptors (Lipinski definition) is 3. The summed E-state index contributed by atoms with van der Waals surface area (Å²) in [6.45, 7) is 6.55. The molecule has 0 aromatic rings. The van der Waals surface area contributed by atoms with Crippen LogP contribution < -0.4 is 10.6 Å². The van der Waals surface area contributed by atoms with Crippen LogP contribution in [0.1, 0.15) is 13.3 Å². The van der Waals surface area contributed by atoms with Crippen molar-refractivity contribution in [1.29, 1.82) is 0 Å². The minimum absolute atomic E-state index is 0.0560. The van der Waals surface area contributed by atoms with Crippen LogP contribution in [0.4, 0.5) is 0 Å². The Kier molecular flexibility index (Phi) is 3.45. The predicted molar refractivity (Wildman–Crippen MR) is 50.2 cm³/mol. The molecule has 1 heterocycles. The van der Waals surface area contributed by atoms with Gasteiger partial charge in [0.05, 0.1) is 12.1 Å². The molecule has 0 bridgehead atoms. The molecule has 1 rings (SSSR count). The summed E-state index contributed by atoms with van der Waals surface area (Å²) in [6.07, 6.45) is 0.114. The molecule has 0 aromatic heterocycles. The molecule has 0 aromatic carbocycles. The van der Waals surface area contributed by atoms with Gasteiger partial charge in [0.15, 0.2) is 0 Å². The van der Waals surface area contributed by atoms with Gasteiger partial charge in [-0.3, -0.25) is 4.79 Å². The molecule has 1 amide bonds. The Morgan fingerprint density at radius 2 is 2.46 bits per heavy atom. The van der Waals surface area contributed by atoms with Crippen molar-refractivity contribution in [2.75, 3.05) is 13.1 Å². The number of amides is 1. The van der Waals surface area contributed by atoms with Gasteiger partial charge in [-0.2, -0.15) is 0 Å². The van der Waals surface area contributed by atoms with Crippen molar-refractivity contribution < 1.29 is 9.90 Å². The summed E-state index contributed by atoms with van der Waals surface area (Å²) in [5, 5.41) is 14.8. The quantitative estimate of drug-likeness (QED) is 0.513. The molecule has 13 heavy (non-hydrogen) atoms. The monoisotopic (exact) mass is 184 g/mol. The molecule has 0 radical (unpaired) electrons. The van der Waals surface area contributed by atoms with Crippen LogP contribution in [0.15, 0.2) is 12.2 Å². The van der Waals surface area contributed by atoms with E-state index < -0.39 is 0 Å². The Hall–Kier alpha value is -0.870. The van der Waals surface area contributed by atoms with Crippen molar-refractivity contribution in [1.82, 2.24) is 10.6 Å². The molecule has 1 aliphatic rings. The molecule has 1 fully saturated rings. The van der Waals surface area contributed by atoms with Crippen LogP contribution >= 0.6 is 0 Å². The summed E-state index contributed by atoms with van der Waals surface area (Å²) in [6, 6.07) is -0.241. The SMILES string of the molecule is C=C(C)CNC(=O)C1CC(O)CN1. The maximum atomic E-state index is 11.4. The van der Waals surface area contributed by atoms with Gasteiger partial charge in [0.25, 0.3) is 0 Å². The lowest BCUT2D eigenvalue weighted by Gasteiger charge is -2.10. The lowest BCUT2D eigenvalue weighted by molar-refractivity contribution is -0.122. The second-order valence-electron chi connectivity index (χ2n) is 3.53. The van der Waals surface area contributed by atoms with Gasteiger partial charge in [-0.25, -0.2) is 0 Å². The molecule has 74 valence electrons. The molecule has 2 unspecified atom stereocenters. The molecule has 0 saturated carbocycles. The normalized spacial score (nSPS) is 27.2. The van der Waals surface area contributed by atoms with E-state index in [0.29, 0.717) is 19.5 Å². The summed E-state index contributed by atoms with van der Waals surface area (Å²) < 4.78 is 0. The second-order valence-corrected chi connectivity index (χ2v) is 3.53. The molecular formula is C9H16N2O2. The first-order valence-electron chi connectivity index (χ1n) is 4.43. The number of carbonyl (C=O) groups is 1. The van der Waals surface area contributed by atoms with E-state index in [1.165, 1.54) is 0 Å². The van der Waals surface area contributed by atoms with Crippen LogP contribution in [0.25, 0.3) is 0 Å². The van der Waals surface area contributed by atoms with E-state index in [2.05, 4.69) is 17.2 Å². The Morgan fingerprint density at radius 1 is 1.77 bits per heavy atom. The van der Waals surface area contributed by atoms with Crippen LogP contribution in [-0.2, 0) is 4.79 Å².